The van der Waals surface area contributed by atoms with Crippen molar-refractivity contribution < 1.29 is 4.39 Å². The third-order valence-electron chi connectivity index (χ3n) is 5.98. The minimum atomic E-state index is -0.178. The van der Waals surface area contributed by atoms with Crippen LogP contribution in [0.5, 0.6) is 0 Å². The van der Waals surface area contributed by atoms with E-state index in [9.17, 15) is 4.39 Å². The molecule has 0 heterocycles. The molecule has 1 heteroatoms. The van der Waals surface area contributed by atoms with Crippen LogP contribution in [0.25, 0.3) is 17.2 Å². The van der Waals surface area contributed by atoms with Gasteiger partial charge in [-0.3, -0.25) is 0 Å². The summed E-state index contributed by atoms with van der Waals surface area (Å²) in [6.45, 7) is 5.98. The summed E-state index contributed by atoms with van der Waals surface area (Å²) in [6.07, 6.45) is 12.5. The summed E-state index contributed by atoms with van der Waals surface area (Å²) in [5.74, 6) is 1.44. The highest BCUT2D eigenvalue weighted by atomic mass is 19.1. The molecule has 0 saturated heterocycles. The molecule has 3 rings (SSSR count). The summed E-state index contributed by atoms with van der Waals surface area (Å²) >= 11 is 0. The quantitative estimate of drug-likeness (QED) is 0.444. The van der Waals surface area contributed by atoms with Crippen molar-refractivity contribution >= 4 is 6.08 Å². The molecule has 1 aliphatic carbocycles. The summed E-state index contributed by atoms with van der Waals surface area (Å²) in [4.78, 5) is 0. The Morgan fingerprint density at radius 1 is 1.00 bits per heavy atom. The van der Waals surface area contributed by atoms with Crippen molar-refractivity contribution in [3.05, 3.63) is 66.0 Å². The van der Waals surface area contributed by atoms with E-state index >= 15 is 0 Å². The fourth-order valence-electron chi connectivity index (χ4n) is 4.29. The topological polar surface area (TPSA) is 0 Å². The number of unbranched alkanes of at least 4 members (excludes halogenated alkanes) is 2. The Balaban J connectivity index is 1.61. The van der Waals surface area contributed by atoms with Crippen molar-refractivity contribution in [3.63, 3.8) is 0 Å². The van der Waals surface area contributed by atoms with E-state index in [1.54, 1.807) is 12.1 Å². The molecule has 2 aromatic carbocycles. The molecule has 1 aliphatic rings. The van der Waals surface area contributed by atoms with Crippen molar-refractivity contribution in [1.82, 2.24) is 0 Å². The first-order valence-electron chi connectivity index (χ1n) is 10.2. The number of benzene rings is 2. The van der Waals surface area contributed by atoms with E-state index in [-0.39, 0.29) is 5.82 Å². The zero-order valence-corrected chi connectivity index (χ0v) is 16.0. The average molecular weight is 351 g/mol. The lowest BCUT2D eigenvalue weighted by Crippen LogP contribution is -2.13. The smallest absolute Gasteiger partial charge is 0.131 e. The normalized spacial score (nSPS) is 20.1. The van der Waals surface area contributed by atoms with E-state index in [0.717, 1.165) is 17.0 Å². The molecule has 0 atom stereocenters. The van der Waals surface area contributed by atoms with Crippen LogP contribution in [-0.2, 0) is 0 Å². The van der Waals surface area contributed by atoms with Crippen LogP contribution in [-0.4, -0.2) is 0 Å². The van der Waals surface area contributed by atoms with Gasteiger partial charge < -0.3 is 0 Å². The van der Waals surface area contributed by atoms with Gasteiger partial charge >= 0.3 is 0 Å². The molecule has 2 aromatic rings. The van der Waals surface area contributed by atoms with Gasteiger partial charge in [0.05, 0.1) is 0 Å². The number of hydrogen-bond donors (Lipinski definition) is 0. The molecule has 0 radical (unpaired) electrons. The zero-order chi connectivity index (χ0) is 18.4. The highest BCUT2D eigenvalue weighted by Crippen LogP contribution is 2.38. The van der Waals surface area contributed by atoms with Crippen molar-refractivity contribution in [1.29, 1.82) is 0 Å². The lowest BCUT2D eigenvalue weighted by Gasteiger charge is -2.29. The first kappa shape index (κ1) is 18.9. The second-order valence-electron chi connectivity index (χ2n) is 7.78. The maximum absolute atomic E-state index is 14.3. The van der Waals surface area contributed by atoms with Gasteiger partial charge in [0.1, 0.15) is 5.82 Å². The van der Waals surface area contributed by atoms with Crippen LogP contribution in [0.3, 0.4) is 0 Å². The monoisotopic (exact) mass is 350 g/mol. The lowest BCUT2D eigenvalue weighted by atomic mass is 9.77. The molecule has 0 nitrogen and oxygen atoms in total. The van der Waals surface area contributed by atoms with Crippen LogP contribution in [0.4, 0.5) is 4.39 Å². The fourth-order valence-corrected chi connectivity index (χ4v) is 4.29. The number of rotatable bonds is 7. The molecular weight excluding hydrogens is 319 g/mol. The lowest BCUT2D eigenvalue weighted by molar-refractivity contribution is 0.303. The predicted molar refractivity (Wildman–Crippen MR) is 111 cm³/mol. The Labute approximate surface area is 158 Å². The molecule has 0 N–H and O–H groups in total. The molecule has 0 bridgehead atoms. The van der Waals surface area contributed by atoms with E-state index in [2.05, 4.69) is 37.8 Å². The molecule has 0 aliphatic heterocycles. The second kappa shape index (κ2) is 9.16. The maximum Gasteiger partial charge on any atom is 0.131 e. The first-order chi connectivity index (χ1) is 12.7. The summed E-state index contributed by atoms with van der Waals surface area (Å²) in [6, 6.07) is 13.9. The summed E-state index contributed by atoms with van der Waals surface area (Å²) in [5, 5.41) is 0. The molecule has 26 heavy (non-hydrogen) atoms. The molecular formula is C25H31F. The van der Waals surface area contributed by atoms with Crippen LogP contribution in [0.15, 0.2) is 49.0 Å². The van der Waals surface area contributed by atoms with Gasteiger partial charge in [-0.25, -0.2) is 4.39 Å². The molecule has 0 spiro atoms. The number of halogens is 1. The molecule has 0 unspecified atom stereocenters. The Morgan fingerprint density at radius 2 is 1.73 bits per heavy atom. The van der Waals surface area contributed by atoms with Crippen LogP contribution in [0, 0.1) is 11.7 Å². The van der Waals surface area contributed by atoms with Crippen molar-refractivity contribution in [2.45, 2.75) is 64.2 Å². The Hall–Kier alpha value is -1.89. The Kier molecular flexibility index (Phi) is 6.66. The van der Waals surface area contributed by atoms with Crippen LogP contribution in [0.1, 0.15) is 75.3 Å². The predicted octanol–water partition coefficient (Wildman–Crippen LogP) is 7.99. The number of hydrogen-bond acceptors (Lipinski definition) is 0. The minimum absolute atomic E-state index is 0.178. The standard InChI is InChI=1S/C25H31F/c1-3-5-6-7-20-8-11-21(12-9-20)22-13-15-23(16-14-22)24-17-10-19(4-2)18-25(24)26/h4,10,13-18,20-21H,2-3,5-9,11-12H2,1H3. The average Bonchev–Trinajstić information content (AvgIpc) is 2.69. The van der Waals surface area contributed by atoms with Crippen LogP contribution in [0.2, 0.25) is 0 Å². The van der Waals surface area contributed by atoms with Crippen LogP contribution >= 0.6 is 0 Å². The highest BCUT2D eigenvalue weighted by Gasteiger charge is 2.22. The van der Waals surface area contributed by atoms with Crippen molar-refractivity contribution in [2.75, 3.05) is 0 Å². The fraction of sp³-hybridized carbons (Fsp3) is 0.440. The summed E-state index contributed by atoms with van der Waals surface area (Å²) < 4.78 is 14.3. The van der Waals surface area contributed by atoms with E-state index in [0.29, 0.717) is 11.5 Å². The second-order valence-corrected chi connectivity index (χ2v) is 7.78. The Morgan fingerprint density at radius 3 is 2.35 bits per heavy atom. The van der Waals surface area contributed by atoms with Gasteiger partial charge in [-0.2, -0.15) is 0 Å². The van der Waals surface area contributed by atoms with Gasteiger partial charge in [-0.15, -0.1) is 0 Å². The van der Waals surface area contributed by atoms with Crippen LogP contribution < -0.4 is 0 Å². The van der Waals surface area contributed by atoms with E-state index < -0.39 is 0 Å². The van der Waals surface area contributed by atoms with E-state index in [1.807, 2.05) is 12.1 Å². The van der Waals surface area contributed by atoms with Gasteiger partial charge in [-0.1, -0.05) is 81.7 Å². The van der Waals surface area contributed by atoms with Crippen molar-refractivity contribution in [2.24, 2.45) is 5.92 Å². The minimum Gasteiger partial charge on any atom is -0.206 e. The highest BCUT2D eigenvalue weighted by molar-refractivity contribution is 5.66. The summed E-state index contributed by atoms with van der Waals surface area (Å²) in [7, 11) is 0. The molecule has 1 saturated carbocycles. The zero-order valence-electron chi connectivity index (χ0n) is 16.0. The van der Waals surface area contributed by atoms with Gasteiger partial charge in [-0.05, 0) is 60.3 Å². The largest absolute Gasteiger partial charge is 0.206 e. The third-order valence-corrected chi connectivity index (χ3v) is 5.98. The van der Waals surface area contributed by atoms with Gasteiger partial charge in [0, 0.05) is 5.56 Å². The van der Waals surface area contributed by atoms with E-state index in [4.69, 9.17) is 0 Å². The first-order valence-corrected chi connectivity index (χ1v) is 10.2. The third kappa shape index (κ3) is 4.63. The van der Waals surface area contributed by atoms with Gasteiger partial charge in [0.2, 0.25) is 0 Å². The SMILES string of the molecule is C=Cc1ccc(-c2ccc(C3CCC(CCCCC)CC3)cc2)c(F)c1. The Bertz CT molecular complexity index is 705. The maximum atomic E-state index is 14.3. The molecule has 0 aromatic heterocycles. The molecule has 0 amide bonds. The molecule has 1 fully saturated rings. The van der Waals surface area contributed by atoms with Crippen molar-refractivity contribution in [3.8, 4) is 11.1 Å². The molecule has 138 valence electrons. The summed E-state index contributed by atoms with van der Waals surface area (Å²) in [5.41, 5.74) is 3.86. The van der Waals surface area contributed by atoms with Gasteiger partial charge in [0.25, 0.3) is 0 Å². The van der Waals surface area contributed by atoms with E-state index in [1.165, 1.54) is 56.9 Å². The van der Waals surface area contributed by atoms with Gasteiger partial charge in [0.15, 0.2) is 0 Å².